The molecule has 0 unspecified atom stereocenters. The summed E-state index contributed by atoms with van der Waals surface area (Å²) >= 11 is 6.13. The molecule has 1 heterocycles. The molecule has 1 aromatic rings. The molecular weight excluding hydrogens is 280 g/mol. The number of fused-ring (bicyclic) bond motifs is 1. The number of benzene rings is 1. The molecule has 2 N–H and O–H groups in total. The van der Waals surface area contributed by atoms with Crippen molar-refractivity contribution in [3.8, 4) is 11.5 Å². The highest BCUT2D eigenvalue weighted by Crippen LogP contribution is 2.37. The van der Waals surface area contributed by atoms with Crippen LogP contribution in [0.5, 0.6) is 11.5 Å². The number of amides is 1. The van der Waals surface area contributed by atoms with E-state index in [1.165, 1.54) is 12.8 Å². The number of halogens is 1. The quantitative estimate of drug-likeness (QED) is 0.873. The molecule has 1 aromatic carbocycles. The Balaban J connectivity index is 1.59. The third-order valence-corrected chi connectivity index (χ3v) is 3.63. The first-order chi connectivity index (χ1) is 9.72. The van der Waals surface area contributed by atoms with Crippen molar-refractivity contribution < 1.29 is 14.3 Å². The highest BCUT2D eigenvalue weighted by atomic mass is 35.5. The van der Waals surface area contributed by atoms with Crippen molar-refractivity contribution in [3.63, 3.8) is 0 Å². The molecule has 0 atom stereocenters. The average Bonchev–Trinajstić information content (AvgIpc) is 3.24. The van der Waals surface area contributed by atoms with Gasteiger partial charge in [0.2, 0.25) is 5.91 Å². The van der Waals surface area contributed by atoms with Crippen LogP contribution in [0.25, 0.3) is 0 Å². The topological polar surface area (TPSA) is 59.6 Å². The maximum atomic E-state index is 11.8. The third-order valence-electron chi connectivity index (χ3n) is 3.32. The summed E-state index contributed by atoms with van der Waals surface area (Å²) in [5.74, 6) is 1.87. The van der Waals surface area contributed by atoms with E-state index in [0.717, 1.165) is 12.5 Å². The molecule has 5 nitrogen and oxygen atoms in total. The van der Waals surface area contributed by atoms with Gasteiger partial charge >= 0.3 is 0 Å². The summed E-state index contributed by atoms with van der Waals surface area (Å²) in [5.41, 5.74) is 0.550. The molecule has 1 fully saturated rings. The Labute approximate surface area is 122 Å². The monoisotopic (exact) mass is 296 g/mol. The highest BCUT2D eigenvalue weighted by Gasteiger charge is 2.21. The van der Waals surface area contributed by atoms with E-state index in [-0.39, 0.29) is 5.91 Å². The molecule has 1 aliphatic heterocycles. The first-order valence-corrected chi connectivity index (χ1v) is 7.20. The molecule has 108 valence electrons. The zero-order valence-electron chi connectivity index (χ0n) is 11.1. The van der Waals surface area contributed by atoms with Crippen LogP contribution >= 0.6 is 11.6 Å². The van der Waals surface area contributed by atoms with Crippen LogP contribution in [0.3, 0.4) is 0 Å². The number of carbonyl (C=O) groups excluding carboxylic acids is 1. The van der Waals surface area contributed by atoms with Gasteiger partial charge in [0.1, 0.15) is 13.2 Å². The number of nitrogens with one attached hydrogen (secondary N) is 2. The zero-order chi connectivity index (χ0) is 13.9. The maximum absolute atomic E-state index is 11.8. The largest absolute Gasteiger partial charge is 0.486 e. The van der Waals surface area contributed by atoms with Crippen LogP contribution < -0.4 is 20.1 Å². The molecular formula is C14H17ClN2O3. The molecule has 6 heteroatoms. The van der Waals surface area contributed by atoms with Crippen molar-refractivity contribution in [2.75, 3.05) is 31.6 Å². The van der Waals surface area contributed by atoms with Crippen molar-refractivity contribution in [2.24, 2.45) is 5.92 Å². The summed E-state index contributed by atoms with van der Waals surface area (Å²) < 4.78 is 10.9. The van der Waals surface area contributed by atoms with Gasteiger partial charge in [-0.15, -0.1) is 0 Å². The van der Waals surface area contributed by atoms with Gasteiger partial charge < -0.3 is 20.1 Å². The Morgan fingerprint density at radius 3 is 2.65 bits per heavy atom. The lowest BCUT2D eigenvalue weighted by molar-refractivity contribution is -0.115. The van der Waals surface area contributed by atoms with Crippen molar-refractivity contribution in [1.29, 1.82) is 0 Å². The molecule has 1 aliphatic carbocycles. The summed E-state index contributed by atoms with van der Waals surface area (Å²) in [6.45, 7) is 2.22. The molecule has 2 aliphatic rings. The van der Waals surface area contributed by atoms with Gasteiger partial charge in [-0.1, -0.05) is 11.6 Å². The second-order valence-corrected chi connectivity index (χ2v) is 5.51. The summed E-state index contributed by atoms with van der Waals surface area (Å²) in [4.78, 5) is 11.8. The minimum absolute atomic E-state index is 0.107. The van der Waals surface area contributed by atoms with Crippen LogP contribution in [-0.4, -0.2) is 32.2 Å². The van der Waals surface area contributed by atoms with E-state index in [2.05, 4.69) is 10.6 Å². The molecule has 1 saturated carbocycles. The van der Waals surface area contributed by atoms with Crippen LogP contribution in [-0.2, 0) is 4.79 Å². The maximum Gasteiger partial charge on any atom is 0.238 e. The molecule has 20 heavy (non-hydrogen) atoms. The van der Waals surface area contributed by atoms with E-state index in [9.17, 15) is 4.79 Å². The molecule has 0 aromatic heterocycles. The first kappa shape index (κ1) is 13.5. The van der Waals surface area contributed by atoms with Gasteiger partial charge in [0, 0.05) is 12.1 Å². The third kappa shape index (κ3) is 3.35. The number of anilines is 1. The van der Waals surface area contributed by atoms with E-state index in [4.69, 9.17) is 21.1 Å². The van der Waals surface area contributed by atoms with Crippen LogP contribution in [0, 0.1) is 5.92 Å². The van der Waals surface area contributed by atoms with Gasteiger partial charge in [-0.2, -0.15) is 0 Å². The van der Waals surface area contributed by atoms with Crippen LogP contribution in [0.4, 0.5) is 5.69 Å². The summed E-state index contributed by atoms with van der Waals surface area (Å²) in [7, 11) is 0. The molecule has 3 rings (SSSR count). The zero-order valence-corrected chi connectivity index (χ0v) is 11.8. The van der Waals surface area contributed by atoms with Crippen LogP contribution in [0.15, 0.2) is 12.1 Å². The van der Waals surface area contributed by atoms with Gasteiger partial charge in [-0.3, -0.25) is 4.79 Å². The summed E-state index contributed by atoms with van der Waals surface area (Å²) in [5, 5.41) is 6.37. The Morgan fingerprint density at radius 2 is 1.95 bits per heavy atom. The molecule has 1 amide bonds. The molecule has 0 saturated heterocycles. The smallest absolute Gasteiger partial charge is 0.238 e. The Bertz CT molecular complexity index is 517. The summed E-state index contributed by atoms with van der Waals surface area (Å²) in [6, 6.07) is 3.37. The fourth-order valence-corrected chi connectivity index (χ4v) is 2.27. The molecule has 0 bridgehead atoms. The SMILES string of the molecule is O=C(CNCC1CC1)Nc1cc2c(cc1Cl)OCCO2. The van der Waals surface area contributed by atoms with Gasteiger partial charge in [0.15, 0.2) is 11.5 Å². The van der Waals surface area contributed by atoms with Crippen molar-refractivity contribution in [2.45, 2.75) is 12.8 Å². The molecule has 0 spiro atoms. The fraction of sp³-hybridized carbons (Fsp3) is 0.500. The van der Waals surface area contributed by atoms with Crippen molar-refractivity contribution in [1.82, 2.24) is 5.32 Å². The standard InChI is InChI=1S/C14H17ClN2O3/c15-10-5-12-13(20-4-3-19-12)6-11(10)17-14(18)8-16-7-9-1-2-9/h5-6,9,16H,1-4,7-8H2,(H,17,18). The fourth-order valence-electron chi connectivity index (χ4n) is 2.07. The van der Waals surface area contributed by atoms with E-state index in [0.29, 0.717) is 42.0 Å². The average molecular weight is 297 g/mol. The van der Waals surface area contributed by atoms with E-state index < -0.39 is 0 Å². The number of hydrogen-bond acceptors (Lipinski definition) is 4. The molecule has 0 radical (unpaired) electrons. The predicted molar refractivity (Wildman–Crippen MR) is 76.7 cm³/mol. The lowest BCUT2D eigenvalue weighted by Crippen LogP contribution is -2.29. The minimum Gasteiger partial charge on any atom is -0.486 e. The van der Waals surface area contributed by atoms with E-state index >= 15 is 0 Å². The number of carbonyl (C=O) groups is 1. The normalized spacial score (nSPS) is 16.9. The minimum atomic E-state index is -0.107. The first-order valence-electron chi connectivity index (χ1n) is 6.82. The number of hydrogen-bond donors (Lipinski definition) is 2. The van der Waals surface area contributed by atoms with Crippen molar-refractivity contribution in [3.05, 3.63) is 17.2 Å². The second-order valence-electron chi connectivity index (χ2n) is 5.10. The van der Waals surface area contributed by atoms with Gasteiger partial charge in [0.05, 0.1) is 17.3 Å². The van der Waals surface area contributed by atoms with E-state index in [1.807, 2.05) is 0 Å². The number of ether oxygens (including phenoxy) is 2. The lowest BCUT2D eigenvalue weighted by Gasteiger charge is -2.20. The van der Waals surface area contributed by atoms with Crippen LogP contribution in [0.1, 0.15) is 12.8 Å². The second kappa shape index (κ2) is 5.89. The Morgan fingerprint density at radius 1 is 1.25 bits per heavy atom. The summed E-state index contributed by atoms with van der Waals surface area (Å²) in [6.07, 6.45) is 2.53. The Kier molecular flexibility index (Phi) is 3.98. The van der Waals surface area contributed by atoms with E-state index in [1.54, 1.807) is 12.1 Å². The predicted octanol–water partition coefficient (Wildman–Crippen LogP) is 2.05. The van der Waals surface area contributed by atoms with Gasteiger partial charge in [-0.05, 0) is 25.3 Å². The van der Waals surface area contributed by atoms with Gasteiger partial charge in [0.25, 0.3) is 0 Å². The van der Waals surface area contributed by atoms with Crippen molar-refractivity contribution >= 4 is 23.2 Å². The highest BCUT2D eigenvalue weighted by molar-refractivity contribution is 6.34. The van der Waals surface area contributed by atoms with Gasteiger partial charge in [-0.25, -0.2) is 0 Å². The van der Waals surface area contributed by atoms with Crippen LogP contribution in [0.2, 0.25) is 5.02 Å². The lowest BCUT2D eigenvalue weighted by atomic mass is 10.2. The number of rotatable bonds is 5. The Hall–Kier alpha value is -1.46.